The molecule has 0 unspecified atom stereocenters. The summed E-state index contributed by atoms with van der Waals surface area (Å²) in [6.07, 6.45) is 1.34. The lowest BCUT2D eigenvalue weighted by Crippen LogP contribution is -2.54. The molecule has 3 aliphatic rings. The highest BCUT2D eigenvalue weighted by atomic mass is 16.3. The molecule has 3 saturated carbocycles. The third-order valence-electron chi connectivity index (χ3n) is 4.13. The van der Waals surface area contributed by atoms with E-state index in [2.05, 4.69) is 13.8 Å². The van der Waals surface area contributed by atoms with E-state index in [-0.39, 0.29) is 23.4 Å². The van der Waals surface area contributed by atoms with Crippen LogP contribution in [0.5, 0.6) is 0 Å². The van der Waals surface area contributed by atoms with Gasteiger partial charge in [0.15, 0.2) is 0 Å². The topological polar surface area (TPSA) is 37.3 Å². The zero-order chi connectivity index (χ0) is 9.80. The summed E-state index contributed by atoms with van der Waals surface area (Å²) in [7, 11) is 0. The van der Waals surface area contributed by atoms with Gasteiger partial charge in [0.2, 0.25) is 0 Å². The van der Waals surface area contributed by atoms with Gasteiger partial charge in [-0.15, -0.1) is 0 Å². The van der Waals surface area contributed by atoms with E-state index in [4.69, 9.17) is 0 Å². The van der Waals surface area contributed by atoms with Gasteiger partial charge in [-0.25, -0.2) is 0 Å². The van der Waals surface area contributed by atoms with Crippen molar-refractivity contribution >= 4 is 5.78 Å². The molecule has 74 valence electrons. The molecule has 4 atom stereocenters. The van der Waals surface area contributed by atoms with Gasteiger partial charge in [0.05, 0.1) is 6.10 Å². The van der Waals surface area contributed by atoms with Gasteiger partial charge < -0.3 is 5.11 Å². The molecular formula is C11H18O2. The standard InChI is InChI=1S/C11H18O2/c1-6-8-4-9(12)7(10(6)13)5-11(8,2)3/h6-9,12H,4-5H2,1-3H3/t6-,7+,8+,9+/m1/s1. The molecule has 0 aromatic rings. The second-order valence-corrected chi connectivity index (χ2v) is 5.40. The van der Waals surface area contributed by atoms with Gasteiger partial charge in [0.25, 0.3) is 0 Å². The lowest BCUT2D eigenvalue weighted by atomic mass is 9.52. The summed E-state index contributed by atoms with van der Waals surface area (Å²) in [4.78, 5) is 11.7. The molecule has 0 amide bonds. The van der Waals surface area contributed by atoms with Crippen molar-refractivity contribution in [2.24, 2.45) is 23.2 Å². The van der Waals surface area contributed by atoms with Crippen LogP contribution in [-0.2, 0) is 4.79 Å². The van der Waals surface area contributed by atoms with Crippen molar-refractivity contribution in [2.45, 2.75) is 39.7 Å². The van der Waals surface area contributed by atoms with E-state index in [1.54, 1.807) is 0 Å². The molecular weight excluding hydrogens is 164 g/mol. The molecule has 2 bridgehead atoms. The third-order valence-corrected chi connectivity index (χ3v) is 4.13. The van der Waals surface area contributed by atoms with Crippen LogP contribution in [0.2, 0.25) is 0 Å². The van der Waals surface area contributed by atoms with Crippen LogP contribution in [0.3, 0.4) is 0 Å². The maximum absolute atomic E-state index is 11.7. The molecule has 2 nitrogen and oxygen atoms in total. The van der Waals surface area contributed by atoms with Gasteiger partial charge in [-0.3, -0.25) is 4.79 Å². The zero-order valence-corrected chi connectivity index (χ0v) is 8.58. The largest absolute Gasteiger partial charge is 0.392 e. The number of hydrogen-bond donors (Lipinski definition) is 1. The van der Waals surface area contributed by atoms with Gasteiger partial charge in [-0.2, -0.15) is 0 Å². The zero-order valence-electron chi connectivity index (χ0n) is 8.58. The van der Waals surface area contributed by atoms with E-state index in [1.165, 1.54) is 0 Å². The average molecular weight is 182 g/mol. The van der Waals surface area contributed by atoms with Crippen LogP contribution in [0.15, 0.2) is 0 Å². The second kappa shape index (κ2) is 2.57. The number of carbonyl (C=O) groups excluding carboxylic acids is 1. The Kier molecular flexibility index (Phi) is 1.82. The van der Waals surface area contributed by atoms with Crippen LogP contribution in [0.1, 0.15) is 33.6 Å². The highest BCUT2D eigenvalue weighted by Gasteiger charge is 2.53. The Bertz CT molecular complexity index is 244. The number of carbonyl (C=O) groups is 1. The minimum Gasteiger partial charge on any atom is -0.392 e. The quantitative estimate of drug-likeness (QED) is 0.618. The maximum Gasteiger partial charge on any atom is 0.141 e. The van der Waals surface area contributed by atoms with Crippen LogP contribution in [-0.4, -0.2) is 17.0 Å². The first-order valence-electron chi connectivity index (χ1n) is 5.15. The highest BCUT2D eigenvalue weighted by Crippen LogP contribution is 2.52. The third kappa shape index (κ3) is 1.15. The van der Waals surface area contributed by atoms with E-state index < -0.39 is 0 Å². The van der Waals surface area contributed by atoms with Crippen molar-refractivity contribution in [1.29, 1.82) is 0 Å². The normalized spacial score (nSPS) is 48.2. The number of ketones is 1. The van der Waals surface area contributed by atoms with Crippen LogP contribution in [0.4, 0.5) is 0 Å². The lowest BCUT2D eigenvalue weighted by Gasteiger charge is -2.52. The van der Waals surface area contributed by atoms with Crippen LogP contribution in [0.25, 0.3) is 0 Å². The molecule has 2 heteroatoms. The number of Topliss-reactive ketones (excluding diaryl/α,β-unsaturated/α-hetero) is 1. The summed E-state index contributed by atoms with van der Waals surface area (Å²) in [6, 6.07) is 0. The Morgan fingerprint density at radius 1 is 1.46 bits per heavy atom. The first-order chi connectivity index (χ1) is 5.93. The molecule has 0 aromatic heterocycles. The summed E-state index contributed by atoms with van der Waals surface area (Å²) in [5.41, 5.74) is 0.247. The van der Waals surface area contributed by atoms with Crippen molar-refractivity contribution in [2.75, 3.05) is 0 Å². The number of aliphatic hydroxyl groups is 1. The molecule has 3 aliphatic carbocycles. The SMILES string of the molecule is C[C@H]1C(=O)[C@H]2CC(C)(C)[C@H]1C[C@@H]2O. The van der Waals surface area contributed by atoms with E-state index in [0.717, 1.165) is 12.8 Å². The van der Waals surface area contributed by atoms with Gasteiger partial charge in [0, 0.05) is 11.8 Å². The molecule has 0 aromatic carbocycles. The second-order valence-electron chi connectivity index (χ2n) is 5.40. The Morgan fingerprint density at radius 2 is 2.08 bits per heavy atom. The van der Waals surface area contributed by atoms with Crippen LogP contribution >= 0.6 is 0 Å². The Hall–Kier alpha value is -0.370. The summed E-state index contributed by atoms with van der Waals surface area (Å²) < 4.78 is 0. The number of fused-ring (bicyclic) bond motifs is 3. The van der Waals surface area contributed by atoms with E-state index in [0.29, 0.717) is 11.7 Å². The summed E-state index contributed by atoms with van der Waals surface area (Å²) in [5, 5.41) is 9.70. The minimum absolute atomic E-state index is 0.0741. The van der Waals surface area contributed by atoms with Crippen LogP contribution < -0.4 is 0 Å². The van der Waals surface area contributed by atoms with Crippen LogP contribution in [0, 0.1) is 23.2 Å². The van der Waals surface area contributed by atoms with Crippen molar-refractivity contribution in [3.63, 3.8) is 0 Å². The minimum atomic E-state index is -0.360. The average Bonchev–Trinajstić information content (AvgIpc) is 2.03. The Labute approximate surface area is 79.3 Å². The van der Waals surface area contributed by atoms with Crippen molar-refractivity contribution in [3.8, 4) is 0 Å². The summed E-state index contributed by atoms with van der Waals surface area (Å²) in [5.74, 6) is 0.773. The van der Waals surface area contributed by atoms with Gasteiger partial charge in [0.1, 0.15) is 5.78 Å². The molecule has 0 heterocycles. The lowest BCUT2D eigenvalue weighted by molar-refractivity contribution is -0.155. The predicted molar refractivity (Wildman–Crippen MR) is 50.2 cm³/mol. The maximum atomic E-state index is 11.7. The van der Waals surface area contributed by atoms with Gasteiger partial charge in [-0.05, 0) is 24.2 Å². The smallest absolute Gasteiger partial charge is 0.141 e. The van der Waals surface area contributed by atoms with Crippen molar-refractivity contribution in [3.05, 3.63) is 0 Å². The fraction of sp³-hybridized carbons (Fsp3) is 0.909. The molecule has 1 N–H and O–H groups in total. The Morgan fingerprint density at radius 3 is 2.62 bits per heavy atom. The molecule has 0 radical (unpaired) electrons. The van der Waals surface area contributed by atoms with E-state index in [1.807, 2.05) is 6.92 Å². The Balaban J connectivity index is 2.33. The molecule has 0 aliphatic heterocycles. The molecule has 0 spiro atoms. The monoisotopic (exact) mass is 182 g/mol. The molecule has 3 rings (SSSR count). The summed E-state index contributed by atoms with van der Waals surface area (Å²) >= 11 is 0. The number of rotatable bonds is 0. The predicted octanol–water partition coefficient (Wildman–Crippen LogP) is 1.62. The number of aliphatic hydroxyl groups excluding tert-OH is 1. The van der Waals surface area contributed by atoms with E-state index >= 15 is 0 Å². The molecule has 0 saturated heterocycles. The molecule has 13 heavy (non-hydrogen) atoms. The van der Waals surface area contributed by atoms with Gasteiger partial charge in [-0.1, -0.05) is 20.8 Å². The van der Waals surface area contributed by atoms with Gasteiger partial charge >= 0.3 is 0 Å². The number of hydrogen-bond acceptors (Lipinski definition) is 2. The summed E-state index contributed by atoms with van der Waals surface area (Å²) in [6.45, 7) is 6.46. The van der Waals surface area contributed by atoms with Crippen molar-refractivity contribution < 1.29 is 9.90 Å². The first kappa shape index (κ1) is 9.20. The highest BCUT2D eigenvalue weighted by molar-refractivity contribution is 5.86. The fourth-order valence-electron chi connectivity index (χ4n) is 3.30. The first-order valence-corrected chi connectivity index (χ1v) is 5.15. The molecule has 3 fully saturated rings. The van der Waals surface area contributed by atoms with E-state index in [9.17, 15) is 9.90 Å². The fourth-order valence-corrected chi connectivity index (χ4v) is 3.30. The van der Waals surface area contributed by atoms with Crippen molar-refractivity contribution in [1.82, 2.24) is 0 Å².